The molecule has 4 rings (SSSR count). The van der Waals surface area contributed by atoms with E-state index in [1.807, 2.05) is 55.5 Å². The zero-order chi connectivity index (χ0) is 23.4. The summed E-state index contributed by atoms with van der Waals surface area (Å²) in [5, 5.41) is 0. The van der Waals surface area contributed by atoms with Gasteiger partial charge in [-0.05, 0) is 55.9 Å². The first-order valence-corrected chi connectivity index (χ1v) is 12.6. The van der Waals surface area contributed by atoms with E-state index in [1.54, 1.807) is 9.80 Å². The summed E-state index contributed by atoms with van der Waals surface area (Å²) in [5.74, 6) is 0.833. The van der Waals surface area contributed by atoms with Crippen LogP contribution in [0.15, 0.2) is 30.5 Å². The number of hydrogen-bond donors (Lipinski definition) is 0. The van der Waals surface area contributed by atoms with Gasteiger partial charge in [0.05, 0.1) is 4.34 Å². The molecule has 0 unspecified atom stereocenters. The van der Waals surface area contributed by atoms with Crippen molar-refractivity contribution in [1.82, 2.24) is 19.8 Å². The molecule has 2 amide bonds. The van der Waals surface area contributed by atoms with E-state index in [-0.39, 0.29) is 5.91 Å². The summed E-state index contributed by atoms with van der Waals surface area (Å²) < 4.78 is 0.735. The molecule has 2 aromatic rings. The van der Waals surface area contributed by atoms with Crippen molar-refractivity contribution in [1.29, 1.82) is 0 Å². The Morgan fingerprint density at radius 3 is 2.52 bits per heavy atom. The van der Waals surface area contributed by atoms with Crippen LogP contribution in [0.5, 0.6) is 0 Å². The molecule has 1 aliphatic heterocycles. The van der Waals surface area contributed by atoms with Crippen molar-refractivity contribution < 1.29 is 9.59 Å². The zero-order valence-electron chi connectivity index (χ0n) is 19.1. The molecule has 176 valence electrons. The molecule has 2 aromatic heterocycles. The molecule has 7 nitrogen and oxygen atoms in total. The van der Waals surface area contributed by atoms with E-state index in [9.17, 15) is 9.59 Å². The highest BCUT2D eigenvalue weighted by Crippen LogP contribution is 2.35. The van der Waals surface area contributed by atoms with Crippen LogP contribution in [-0.4, -0.2) is 71.9 Å². The Morgan fingerprint density at radius 2 is 1.82 bits per heavy atom. The summed E-state index contributed by atoms with van der Waals surface area (Å²) in [4.78, 5) is 40.7. The number of thiophene rings is 1. The molecule has 1 saturated heterocycles. The summed E-state index contributed by atoms with van der Waals surface area (Å²) in [7, 11) is 3.90. The van der Waals surface area contributed by atoms with Gasteiger partial charge in [-0.25, -0.2) is 9.97 Å². The highest BCUT2D eigenvalue weighted by Gasteiger charge is 2.34. The summed E-state index contributed by atoms with van der Waals surface area (Å²) in [6.07, 6.45) is 9.87. The van der Waals surface area contributed by atoms with E-state index in [4.69, 9.17) is 16.6 Å². The van der Waals surface area contributed by atoms with Gasteiger partial charge in [0.1, 0.15) is 0 Å². The topological polar surface area (TPSA) is 69.6 Å². The van der Waals surface area contributed by atoms with Gasteiger partial charge in [0.15, 0.2) is 0 Å². The third kappa shape index (κ3) is 5.92. The second-order valence-electron chi connectivity index (χ2n) is 8.94. The zero-order valence-corrected chi connectivity index (χ0v) is 20.7. The standard InChI is InChI=1S/C24H30ClN5O2S/c1-28(2)24-26-12-11-20(27-24)18-7-5-17(6-8-18)16-30-15-14-29(22(31)23(30)32)13-3-4-19-9-10-21(25)33-19/h3-4,9-12,17-18H,5-8,13-16H2,1-2H3. The Labute approximate surface area is 204 Å². The second kappa shape index (κ2) is 10.7. The number of halogens is 1. The van der Waals surface area contributed by atoms with Crippen molar-refractivity contribution in [2.24, 2.45) is 5.92 Å². The van der Waals surface area contributed by atoms with Gasteiger partial charge < -0.3 is 14.7 Å². The van der Waals surface area contributed by atoms with Crippen molar-refractivity contribution in [2.45, 2.75) is 31.6 Å². The molecule has 1 aliphatic carbocycles. The molecular formula is C24H30ClN5O2S. The first-order valence-electron chi connectivity index (χ1n) is 11.4. The predicted molar refractivity (Wildman–Crippen MR) is 133 cm³/mol. The fourth-order valence-corrected chi connectivity index (χ4v) is 5.53. The average molecular weight is 488 g/mol. The lowest BCUT2D eigenvalue weighted by molar-refractivity contribution is -0.156. The molecule has 9 heteroatoms. The van der Waals surface area contributed by atoms with Crippen LogP contribution in [0, 0.1) is 5.92 Å². The molecule has 0 radical (unpaired) electrons. The summed E-state index contributed by atoms with van der Waals surface area (Å²) in [5.41, 5.74) is 1.10. The van der Waals surface area contributed by atoms with E-state index in [1.165, 1.54) is 11.3 Å². The molecule has 0 bridgehead atoms. The summed E-state index contributed by atoms with van der Waals surface area (Å²) in [6, 6.07) is 5.80. The van der Waals surface area contributed by atoms with Crippen LogP contribution in [0.1, 0.15) is 42.2 Å². The average Bonchev–Trinajstić information content (AvgIpc) is 3.24. The largest absolute Gasteiger partial charge is 0.347 e. The number of hydrogen-bond acceptors (Lipinski definition) is 6. The molecule has 0 atom stereocenters. The molecule has 0 spiro atoms. The van der Waals surface area contributed by atoms with Gasteiger partial charge in [-0.2, -0.15) is 0 Å². The quantitative estimate of drug-likeness (QED) is 0.554. The van der Waals surface area contributed by atoms with Crippen LogP contribution in [-0.2, 0) is 9.59 Å². The highest BCUT2D eigenvalue weighted by atomic mass is 35.5. The van der Waals surface area contributed by atoms with E-state index < -0.39 is 5.91 Å². The summed E-state index contributed by atoms with van der Waals surface area (Å²) >= 11 is 7.43. The van der Waals surface area contributed by atoms with Crippen molar-refractivity contribution in [3.05, 3.63) is 45.4 Å². The number of amides is 2. The third-order valence-electron chi connectivity index (χ3n) is 6.41. The van der Waals surface area contributed by atoms with Gasteiger partial charge in [-0.3, -0.25) is 9.59 Å². The van der Waals surface area contributed by atoms with Crippen LogP contribution >= 0.6 is 22.9 Å². The Balaban J connectivity index is 1.25. The minimum atomic E-state index is -0.402. The summed E-state index contributed by atoms with van der Waals surface area (Å²) in [6.45, 7) is 2.28. The molecule has 0 aromatic carbocycles. The number of piperazine rings is 1. The second-order valence-corrected chi connectivity index (χ2v) is 10.7. The van der Waals surface area contributed by atoms with Gasteiger partial charge >= 0.3 is 11.8 Å². The SMILES string of the molecule is CN(C)c1nccc(C2CCC(CN3CCN(CC=Cc4ccc(Cl)s4)C(=O)C3=O)CC2)n1. The van der Waals surface area contributed by atoms with Crippen LogP contribution in [0.4, 0.5) is 5.95 Å². The normalized spacial score (nSPS) is 21.8. The number of nitrogens with zero attached hydrogens (tertiary/aromatic N) is 5. The van der Waals surface area contributed by atoms with Crippen LogP contribution in [0.25, 0.3) is 6.08 Å². The maximum absolute atomic E-state index is 12.7. The molecule has 2 fully saturated rings. The lowest BCUT2D eigenvalue weighted by Gasteiger charge is -2.37. The van der Waals surface area contributed by atoms with E-state index in [0.717, 1.165) is 46.5 Å². The lowest BCUT2D eigenvalue weighted by Crippen LogP contribution is -2.55. The number of carbonyl (C=O) groups is 2. The van der Waals surface area contributed by atoms with E-state index in [2.05, 4.69) is 4.98 Å². The predicted octanol–water partition coefficient (Wildman–Crippen LogP) is 3.92. The van der Waals surface area contributed by atoms with Gasteiger partial charge in [0, 0.05) is 63.0 Å². The number of rotatable bonds is 7. The number of aromatic nitrogens is 2. The molecular weight excluding hydrogens is 458 g/mol. The van der Waals surface area contributed by atoms with Gasteiger partial charge in [0.25, 0.3) is 0 Å². The molecule has 2 aliphatic rings. The van der Waals surface area contributed by atoms with Crippen molar-refractivity contribution >= 4 is 46.8 Å². The maximum atomic E-state index is 12.7. The fraction of sp³-hybridized carbons (Fsp3) is 0.500. The monoisotopic (exact) mass is 487 g/mol. The molecule has 3 heterocycles. The number of carbonyl (C=O) groups excluding carboxylic acids is 2. The minimum absolute atomic E-state index is 0.373. The maximum Gasteiger partial charge on any atom is 0.312 e. The molecule has 0 N–H and O–H groups in total. The van der Waals surface area contributed by atoms with E-state index >= 15 is 0 Å². The van der Waals surface area contributed by atoms with Crippen LogP contribution < -0.4 is 4.90 Å². The smallest absolute Gasteiger partial charge is 0.312 e. The highest BCUT2D eigenvalue weighted by molar-refractivity contribution is 7.16. The Hall–Kier alpha value is -2.45. The van der Waals surface area contributed by atoms with Crippen molar-refractivity contribution in [2.75, 3.05) is 45.2 Å². The van der Waals surface area contributed by atoms with Crippen molar-refractivity contribution in [3.8, 4) is 0 Å². The Bertz CT molecular complexity index is 1020. The van der Waals surface area contributed by atoms with Gasteiger partial charge in [0.2, 0.25) is 5.95 Å². The first-order chi connectivity index (χ1) is 15.9. The van der Waals surface area contributed by atoms with Crippen LogP contribution in [0.2, 0.25) is 4.34 Å². The van der Waals surface area contributed by atoms with Crippen molar-refractivity contribution in [3.63, 3.8) is 0 Å². The fourth-order valence-electron chi connectivity index (χ4n) is 4.53. The Kier molecular flexibility index (Phi) is 7.65. The van der Waals surface area contributed by atoms with Crippen LogP contribution in [0.3, 0.4) is 0 Å². The van der Waals surface area contributed by atoms with Gasteiger partial charge in [-0.15, -0.1) is 11.3 Å². The van der Waals surface area contributed by atoms with Gasteiger partial charge in [-0.1, -0.05) is 17.7 Å². The van der Waals surface area contributed by atoms with E-state index in [0.29, 0.717) is 38.0 Å². The number of anilines is 1. The minimum Gasteiger partial charge on any atom is -0.347 e. The Morgan fingerprint density at radius 1 is 1.09 bits per heavy atom. The third-order valence-corrected chi connectivity index (χ3v) is 7.60. The molecule has 1 saturated carbocycles. The first kappa shape index (κ1) is 23.7. The molecule has 33 heavy (non-hydrogen) atoms. The lowest BCUT2D eigenvalue weighted by atomic mass is 9.80.